The molecule has 0 bridgehead atoms. The summed E-state index contributed by atoms with van der Waals surface area (Å²) in [6, 6.07) is 36.2. The Kier molecular flexibility index (Phi) is 7.87. The van der Waals surface area contributed by atoms with Gasteiger partial charge in [0.15, 0.2) is 11.5 Å². The molecule has 1 amide bonds. The summed E-state index contributed by atoms with van der Waals surface area (Å²) in [5.41, 5.74) is 8.13. The predicted molar refractivity (Wildman–Crippen MR) is 165 cm³/mol. The van der Waals surface area contributed by atoms with Crippen LogP contribution in [0.15, 0.2) is 115 Å². The number of nitrogen functional groups attached to an aromatic ring is 1. The topological polar surface area (TPSA) is 109 Å². The minimum Gasteiger partial charge on any atom is -0.493 e. The lowest BCUT2D eigenvalue weighted by Crippen LogP contribution is -2.44. The summed E-state index contributed by atoms with van der Waals surface area (Å²) < 4.78 is 11.8. The lowest BCUT2D eigenvalue weighted by Gasteiger charge is -2.32. The van der Waals surface area contributed by atoms with Crippen LogP contribution in [0.25, 0.3) is 10.8 Å². The Bertz CT molecular complexity index is 1680. The fourth-order valence-electron chi connectivity index (χ4n) is 4.70. The number of rotatable bonds is 10. The van der Waals surface area contributed by atoms with E-state index in [1.807, 2.05) is 97.9 Å². The average molecular weight is 545 g/mol. The number of anilines is 2. The van der Waals surface area contributed by atoms with Crippen LogP contribution in [0, 0.1) is 5.41 Å². The fraction of sp³-hybridized carbons (Fsp3) is 0.118. The highest BCUT2D eigenvalue weighted by atomic mass is 16.5. The highest BCUT2D eigenvalue weighted by Crippen LogP contribution is 2.36. The van der Waals surface area contributed by atoms with Gasteiger partial charge in [0.2, 0.25) is 0 Å². The minimum absolute atomic E-state index is 0.0242. The maximum absolute atomic E-state index is 14.2. The second-order valence-electron chi connectivity index (χ2n) is 9.86. The van der Waals surface area contributed by atoms with Crippen molar-refractivity contribution in [2.24, 2.45) is 5.73 Å². The van der Waals surface area contributed by atoms with E-state index in [-0.39, 0.29) is 11.7 Å². The SMILES string of the molecule is COc1cc(C(C)(Nc2ccc(C(=N)N)cc2)C(=O)Nc2cccc3ccccc23)ccc1OCc1ccccc1. The average Bonchev–Trinajstić information content (AvgIpc) is 3.00. The van der Waals surface area contributed by atoms with Gasteiger partial charge in [-0.05, 0) is 65.9 Å². The molecular formula is C34H32N4O3. The monoisotopic (exact) mass is 544 g/mol. The second kappa shape index (κ2) is 11.8. The number of carbonyl (C=O) groups is 1. The molecule has 0 aromatic heterocycles. The molecule has 5 aromatic carbocycles. The Labute approximate surface area is 239 Å². The maximum Gasteiger partial charge on any atom is 0.254 e. The number of amidine groups is 1. The molecule has 5 rings (SSSR count). The first kappa shape index (κ1) is 27.3. The highest BCUT2D eigenvalue weighted by Gasteiger charge is 2.36. The van der Waals surface area contributed by atoms with Gasteiger partial charge in [0.25, 0.3) is 5.91 Å². The fourth-order valence-corrected chi connectivity index (χ4v) is 4.70. The van der Waals surface area contributed by atoms with Gasteiger partial charge in [-0.3, -0.25) is 10.2 Å². The molecule has 206 valence electrons. The van der Waals surface area contributed by atoms with Crippen LogP contribution < -0.4 is 25.8 Å². The van der Waals surface area contributed by atoms with Gasteiger partial charge in [-0.15, -0.1) is 0 Å². The quantitative estimate of drug-likeness (QED) is 0.116. The predicted octanol–water partition coefficient (Wildman–Crippen LogP) is 6.68. The third kappa shape index (κ3) is 5.99. The van der Waals surface area contributed by atoms with Gasteiger partial charge in [0, 0.05) is 22.3 Å². The first-order chi connectivity index (χ1) is 19.9. The molecule has 0 aliphatic rings. The van der Waals surface area contributed by atoms with Crippen LogP contribution in [-0.2, 0) is 16.9 Å². The Morgan fingerprint density at radius 1 is 0.854 bits per heavy atom. The van der Waals surface area contributed by atoms with Crippen LogP contribution in [0.5, 0.6) is 11.5 Å². The van der Waals surface area contributed by atoms with Gasteiger partial charge in [-0.25, -0.2) is 0 Å². The molecule has 1 atom stereocenters. The van der Waals surface area contributed by atoms with Gasteiger partial charge >= 0.3 is 0 Å². The summed E-state index contributed by atoms with van der Waals surface area (Å²) in [5, 5.41) is 16.2. The molecule has 7 heteroatoms. The van der Waals surface area contributed by atoms with E-state index in [4.69, 9.17) is 20.6 Å². The first-order valence-corrected chi connectivity index (χ1v) is 13.2. The Morgan fingerprint density at radius 2 is 1.56 bits per heavy atom. The van der Waals surface area contributed by atoms with E-state index in [1.165, 1.54) is 0 Å². The Balaban J connectivity index is 1.50. The molecule has 41 heavy (non-hydrogen) atoms. The molecule has 0 saturated carbocycles. The summed E-state index contributed by atoms with van der Waals surface area (Å²) >= 11 is 0. The molecule has 0 aliphatic carbocycles. The van der Waals surface area contributed by atoms with Gasteiger partial charge in [-0.1, -0.05) is 72.8 Å². The zero-order valence-corrected chi connectivity index (χ0v) is 23.0. The number of nitrogens with one attached hydrogen (secondary N) is 3. The first-order valence-electron chi connectivity index (χ1n) is 13.2. The second-order valence-corrected chi connectivity index (χ2v) is 9.86. The number of hydrogen-bond donors (Lipinski definition) is 4. The van der Waals surface area contributed by atoms with E-state index >= 15 is 0 Å². The number of hydrogen-bond acceptors (Lipinski definition) is 5. The normalized spacial score (nSPS) is 12.2. The van der Waals surface area contributed by atoms with Gasteiger partial charge in [-0.2, -0.15) is 0 Å². The molecule has 0 saturated heterocycles. The summed E-state index contributed by atoms with van der Waals surface area (Å²) in [5.74, 6) is 0.799. The van der Waals surface area contributed by atoms with E-state index in [1.54, 1.807) is 31.4 Å². The third-order valence-corrected chi connectivity index (χ3v) is 7.06. The molecule has 5 N–H and O–H groups in total. The van der Waals surface area contributed by atoms with Crippen molar-refractivity contribution in [3.05, 3.63) is 132 Å². The van der Waals surface area contributed by atoms with Crippen LogP contribution >= 0.6 is 0 Å². The Morgan fingerprint density at radius 3 is 2.29 bits per heavy atom. The molecule has 7 nitrogen and oxygen atoms in total. The number of amides is 1. The number of ether oxygens (including phenoxy) is 2. The van der Waals surface area contributed by atoms with Gasteiger partial charge in [0.1, 0.15) is 18.0 Å². The standard InChI is InChI=1S/C34H32N4O3/c1-34(38-27-18-15-25(16-19-27)32(35)36,33(39)37-29-14-8-12-24-11-6-7-13-28(24)29)26-17-20-30(31(21-26)40-2)41-22-23-9-4-3-5-10-23/h3-21,38H,22H2,1-2H3,(H3,35,36)(H,37,39). The van der Waals surface area contributed by atoms with Crippen molar-refractivity contribution in [2.75, 3.05) is 17.7 Å². The van der Waals surface area contributed by atoms with Gasteiger partial charge < -0.3 is 25.8 Å². The van der Waals surface area contributed by atoms with E-state index in [2.05, 4.69) is 10.6 Å². The molecule has 0 radical (unpaired) electrons. The number of nitrogens with two attached hydrogens (primary N) is 1. The molecular weight excluding hydrogens is 512 g/mol. The van der Waals surface area contributed by atoms with Crippen molar-refractivity contribution in [1.29, 1.82) is 5.41 Å². The van der Waals surface area contributed by atoms with E-state index in [9.17, 15) is 4.79 Å². The Hall–Kier alpha value is -5.30. The van der Waals surface area contributed by atoms with E-state index in [0.717, 1.165) is 16.3 Å². The van der Waals surface area contributed by atoms with Crippen LogP contribution in [0.3, 0.4) is 0 Å². The molecule has 0 spiro atoms. The molecule has 5 aromatic rings. The lowest BCUT2D eigenvalue weighted by atomic mass is 9.89. The summed E-state index contributed by atoms with van der Waals surface area (Å²) in [6.07, 6.45) is 0. The van der Waals surface area contributed by atoms with Crippen LogP contribution in [0.1, 0.15) is 23.6 Å². The minimum atomic E-state index is -1.22. The number of fused-ring (bicyclic) bond motifs is 1. The number of methoxy groups -OCH3 is 1. The molecule has 0 heterocycles. The highest BCUT2D eigenvalue weighted by molar-refractivity contribution is 6.06. The van der Waals surface area contributed by atoms with Crippen molar-refractivity contribution in [2.45, 2.75) is 19.1 Å². The number of carbonyl (C=O) groups excluding carboxylic acids is 1. The van der Waals surface area contributed by atoms with E-state index < -0.39 is 5.54 Å². The van der Waals surface area contributed by atoms with Crippen molar-refractivity contribution in [1.82, 2.24) is 0 Å². The molecule has 0 fully saturated rings. The van der Waals surface area contributed by atoms with Crippen LogP contribution in [0.2, 0.25) is 0 Å². The van der Waals surface area contributed by atoms with Crippen molar-refractivity contribution >= 4 is 33.9 Å². The maximum atomic E-state index is 14.2. The summed E-state index contributed by atoms with van der Waals surface area (Å²) in [7, 11) is 1.58. The van der Waals surface area contributed by atoms with E-state index in [0.29, 0.717) is 40.6 Å². The third-order valence-electron chi connectivity index (χ3n) is 7.06. The smallest absolute Gasteiger partial charge is 0.254 e. The molecule has 1 unspecified atom stereocenters. The largest absolute Gasteiger partial charge is 0.493 e. The number of benzene rings is 5. The van der Waals surface area contributed by atoms with Crippen molar-refractivity contribution in [3.63, 3.8) is 0 Å². The van der Waals surface area contributed by atoms with Crippen LogP contribution in [-0.4, -0.2) is 18.9 Å². The van der Waals surface area contributed by atoms with Crippen LogP contribution in [0.4, 0.5) is 11.4 Å². The zero-order chi connectivity index (χ0) is 28.8. The summed E-state index contributed by atoms with van der Waals surface area (Å²) in [6.45, 7) is 2.21. The van der Waals surface area contributed by atoms with Crippen molar-refractivity contribution < 1.29 is 14.3 Å². The van der Waals surface area contributed by atoms with Gasteiger partial charge in [0.05, 0.1) is 7.11 Å². The molecule has 0 aliphatic heterocycles. The zero-order valence-electron chi connectivity index (χ0n) is 23.0. The summed E-state index contributed by atoms with van der Waals surface area (Å²) in [4.78, 5) is 14.2. The van der Waals surface area contributed by atoms with Crippen molar-refractivity contribution in [3.8, 4) is 11.5 Å². The lowest BCUT2D eigenvalue weighted by molar-refractivity contribution is -0.120.